The molecule has 1 aromatic heterocycles. The number of benzene rings is 2. The Hall–Kier alpha value is -2.63. The van der Waals surface area contributed by atoms with Crippen LogP contribution in [0.3, 0.4) is 0 Å². The maximum atomic E-state index is 12.1. The molecule has 0 saturated carbocycles. The highest BCUT2D eigenvalue weighted by molar-refractivity contribution is 7.09. The number of halogens is 1. The van der Waals surface area contributed by atoms with Crippen LogP contribution < -0.4 is 10.1 Å². The van der Waals surface area contributed by atoms with Gasteiger partial charge in [0.15, 0.2) is 0 Å². The molecule has 3 rings (SSSR count). The van der Waals surface area contributed by atoms with Gasteiger partial charge in [-0.3, -0.25) is 4.79 Å². The van der Waals surface area contributed by atoms with Crippen molar-refractivity contribution in [3.63, 3.8) is 0 Å². The fourth-order valence-electron chi connectivity index (χ4n) is 2.39. The van der Waals surface area contributed by atoms with Gasteiger partial charge >= 0.3 is 0 Å². The fourth-order valence-corrected chi connectivity index (χ4v) is 3.12. The molecule has 2 aromatic carbocycles. The molecule has 4 nitrogen and oxygen atoms in total. The molecule has 138 valence electrons. The van der Waals surface area contributed by atoms with E-state index in [2.05, 4.69) is 10.3 Å². The summed E-state index contributed by atoms with van der Waals surface area (Å²) in [6, 6.07) is 15.0. The Morgan fingerprint density at radius 1 is 1.22 bits per heavy atom. The van der Waals surface area contributed by atoms with E-state index in [1.807, 2.05) is 48.7 Å². The second kappa shape index (κ2) is 9.35. The summed E-state index contributed by atoms with van der Waals surface area (Å²) in [6.45, 7) is 2.81. The standard InChI is InChI=1S/C21H19ClN2O2S/c1-15-24-19(14-27-15)13-26-20-5-3-2-4-17(20)8-11-21(25)23-12-16-6-9-18(22)10-7-16/h2-11,14H,12-13H2,1H3,(H,23,25)/b11-8+. The number of carbonyl (C=O) groups excluding carboxylic acids is 1. The van der Waals surface area contributed by atoms with E-state index in [9.17, 15) is 4.79 Å². The van der Waals surface area contributed by atoms with Gasteiger partial charge in [0.25, 0.3) is 0 Å². The molecular formula is C21H19ClN2O2S. The van der Waals surface area contributed by atoms with E-state index in [0.717, 1.165) is 21.8 Å². The molecule has 1 heterocycles. The lowest BCUT2D eigenvalue weighted by Gasteiger charge is -2.08. The van der Waals surface area contributed by atoms with Crippen molar-refractivity contribution in [1.82, 2.24) is 10.3 Å². The highest BCUT2D eigenvalue weighted by Gasteiger charge is 2.04. The highest BCUT2D eigenvalue weighted by atomic mass is 35.5. The molecule has 3 aromatic rings. The lowest BCUT2D eigenvalue weighted by atomic mass is 10.2. The normalized spacial score (nSPS) is 10.9. The van der Waals surface area contributed by atoms with Gasteiger partial charge in [-0.25, -0.2) is 4.98 Å². The minimum Gasteiger partial charge on any atom is -0.487 e. The molecule has 0 saturated heterocycles. The summed E-state index contributed by atoms with van der Waals surface area (Å²) in [7, 11) is 0. The Kier molecular flexibility index (Phi) is 6.63. The maximum Gasteiger partial charge on any atom is 0.244 e. The number of aryl methyl sites for hydroxylation is 1. The Morgan fingerprint density at radius 2 is 2.00 bits per heavy atom. The van der Waals surface area contributed by atoms with Gasteiger partial charge in [-0.15, -0.1) is 11.3 Å². The van der Waals surface area contributed by atoms with Crippen LogP contribution in [0.1, 0.15) is 21.8 Å². The van der Waals surface area contributed by atoms with Crippen LogP contribution >= 0.6 is 22.9 Å². The maximum absolute atomic E-state index is 12.1. The van der Waals surface area contributed by atoms with Gasteiger partial charge in [-0.05, 0) is 36.8 Å². The molecule has 0 aliphatic rings. The average molecular weight is 399 g/mol. The van der Waals surface area contributed by atoms with Crippen LogP contribution in [0.5, 0.6) is 5.75 Å². The van der Waals surface area contributed by atoms with Gasteiger partial charge in [-0.1, -0.05) is 41.9 Å². The van der Waals surface area contributed by atoms with E-state index < -0.39 is 0 Å². The lowest BCUT2D eigenvalue weighted by molar-refractivity contribution is -0.116. The summed E-state index contributed by atoms with van der Waals surface area (Å²) in [5.41, 5.74) is 2.73. The number of nitrogens with one attached hydrogen (secondary N) is 1. The minimum atomic E-state index is -0.171. The molecule has 1 amide bonds. The Bertz CT molecular complexity index is 935. The molecule has 0 bridgehead atoms. The first kappa shape index (κ1) is 19.1. The zero-order chi connectivity index (χ0) is 19.1. The van der Waals surface area contributed by atoms with E-state index >= 15 is 0 Å². The third-order valence-corrected chi connectivity index (χ3v) is 4.83. The molecule has 6 heteroatoms. The number of hydrogen-bond acceptors (Lipinski definition) is 4. The summed E-state index contributed by atoms with van der Waals surface area (Å²) >= 11 is 7.46. The minimum absolute atomic E-state index is 0.171. The average Bonchev–Trinajstić information content (AvgIpc) is 3.10. The predicted octanol–water partition coefficient (Wildman–Crippen LogP) is 5.01. The van der Waals surface area contributed by atoms with Crippen molar-refractivity contribution in [2.75, 3.05) is 0 Å². The quantitative estimate of drug-likeness (QED) is 0.569. The second-order valence-corrected chi connectivity index (χ2v) is 7.36. The summed E-state index contributed by atoms with van der Waals surface area (Å²) in [4.78, 5) is 16.5. The number of amides is 1. The third kappa shape index (κ3) is 5.94. The molecule has 0 atom stereocenters. The first-order valence-electron chi connectivity index (χ1n) is 8.43. The van der Waals surface area contributed by atoms with Crippen molar-refractivity contribution >= 4 is 34.9 Å². The summed E-state index contributed by atoms with van der Waals surface area (Å²) in [5, 5.41) is 6.52. The molecule has 0 aliphatic heterocycles. The molecule has 0 fully saturated rings. The number of thiazole rings is 1. The molecule has 0 radical (unpaired) electrons. The SMILES string of the molecule is Cc1nc(COc2ccccc2/C=C/C(=O)NCc2ccc(Cl)cc2)cs1. The van der Waals surface area contributed by atoms with Crippen LogP contribution in [0.25, 0.3) is 6.08 Å². The summed E-state index contributed by atoms with van der Waals surface area (Å²) in [6.07, 6.45) is 3.25. The first-order valence-corrected chi connectivity index (χ1v) is 9.69. The summed E-state index contributed by atoms with van der Waals surface area (Å²) in [5.74, 6) is 0.541. The zero-order valence-corrected chi connectivity index (χ0v) is 16.4. The van der Waals surface area contributed by atoms with Gasteiger partial charge in [0.05, 0.1) is 10.7 Å². The third-order valence-electron chi connectivity index (χ3n) is 3.76. The molecule has 0 aliphatic carbocycles. The smallest absolute Gasteiger partial charge is 0.244 e. The lowest BCUT2D eigenvalue weighted by Crippen LogP contribution is -2.20. The summed E-state index contributed by atoms with van der Waals surface area (Å²) < 4.78 is 5.86. The Labute approximate surface area is 167 Å². The van der Waals surface area contributed by atoms with E-state index in [1.165, 1.54) is 6.08 Å². The van der Waals surface area contributed by atoms with Crippen LogP contribution in [0.15, 0.2) is 60.0 Å². The van der Waals surface area contributed by atoms with Crippen LogP contribution in [-0.4, -0.2) is 10.9 Å². The van der Waals surface area contributed by atoms with Crippen molar-refractivity contribution in [1.29, 1.82) is 0 Å². The number of ether oxygens (including phenoxy) is 1. The van der Waals surface area contributed by atoms with Crippen molar-refractivity contribution in [2.24, 2.45) is 0 Å². The Balaban J connectivity index is 1.57. The largest absolute Gasteiger partial charge is 0.487 e. The number of rotatable bonds is 7. The van der Waals surface area contributed by atoms with Crippen molar-refractivity contribution in [3.05, 3.63) is 86.8 Å². The number of hydrogen-bond donors (Lipinski definition) is 1. The van der Waals surface area contributed by atoms with E-state index in [4.69, 9.17) is 16.3 Å². The Morgan fingerprint density at radius 3 is 2.74 bits per heavy atom. The van der Waals surface area contributed by atoms with E-state index in [1.54, 1.807) is 29.5 Å². The number of aromatic nitrogens is 1. The number of carbonyl (C=O) groups is 1. The molecule has 1 N–H and O–H groups in total. The fraction of sp³-hybridized carbons (Fsp3) is 0.143. The van der Waals surface area contributed by atoms with Gasteiger partial charge in [0.1, 0.15) is 12.4 Å². The number of nitrogens with zero attached hydrogens (tertiary/aromatic N) is 1. The van der Waals surface area contributed by atoms with E-state index in [-0.39, 0.29) is 5.91 Å². The van der Waals surface area contributed by atoms with Gasteiger partial charge < -0.3 is 10.1 Å². The van der Waals surface area contributed by atoms with Crippen molar-refractivity contribution in [2.45, 2.75) is 20.1 Å². The first-order chi connectivity index (χ1) is 13.1. The van der Waals surface area contributed by atoms with Crippen LogP contribution in [0.2, 0.25) is 5.02 Å². The number of para-hydroxylation sites is 1. The van der Waals surface area contributed by atoms with Crippen molar-refractivity contribution in [3.8, 4) is 5.75 Å². The van der Waals surface area contributed by atoms with Crippen LogP contribution in [-0.2, 0) is 17.9 Å². The van der Waals surface area contributed by atoms with Gasteiger partial charge in [0, 0.05) is 28.6 Å². The second-order valence-electron chi connectivity index (χ2n) is 5.86. The molecule has 27 heavy (non-hydrogen) atoms. The van der Waals surface area contributed by atoms with E-state index in [0.29, 0.717) is 23.9 Å². The van der Waals surface area contributed by atoms with Crippen LogP contribution in [0, 0.1) is 6.92 Å². The predicted molar refractivity (Wildman–Crippen MR) is 110 cm³/mol. The molecular weight excluding hydrogens is 380 g/mol. The zero-order valence-electron chi connectivity index (χ0n) is 14.8. The topological polar surface area (TPSA) is 51.2 Å². The van der Waals surface area contributed by atoms with Gasteiger partial charge in [0.2, 0.25) is 5.91 Å². The van der Waals surface area contributed by atoms with Gasteiger partial charge in [-0.2, -0.15) is 0 Å². The van der Waals surface area contributed by atoms with Crippen molar-refractivity contribution < 1.29 is 9.53 Å². The monoisotopic (exact) mass is 398 g/mol. The molecule has 0 spiro atoms. The highest BCUT2D eigenvalue weighted by Crippen LogP contribution is 2.21. The van der Waals surface area contributed by atoms with Crippen LogP contribution in [0.4, 0.5) is 0 Å². The molecule has 0 unspecified atom stereocenters.